The summed E-state index contributed by atoms with van der Waals surface area (Å²) < 4.78 is 11.6. The van der Waals surface area contributed by atoms with Gasteiger partial charge in [0.05, 0.1) is 6.61 Å². The molecule has 0 saturated carbocycles. The zero-order chi connectivity index (χ0) is 17.5. The van der Waals surface area contributed by atoms with E-state index in [1.165, 1.54) is 6.33 Å². The zero-order valence-electron chi connectivity index (χ0n) is 13.8. The lowest BCUT2D eigenvalue weighted by Gasteiger charge is -2.14. The van der Waals surface area contributed by atoms with E-state index in [0.717, 1.165) is 11.1 Å². The molecule has 1 heterocycles. The number of benzene rings is 2. The van der Waals surface area contributed by atoms with E-state index in [4.69, 9.17) is 21.1 Å². The van der Waals surface area contributed by atoms with E-state index >= 15 is 0 Å². The Balaban J connectivity index is 1.66. The van der Waals surface area contributed by atoms with Gasteiger partial charge in [0.2, 0.25) is 5.95 Å². The Hall–Kier alpha value is -2.73. The first kappa shape index (κ1) is 17.1. The Morgan fingerprint density at radius 2 is 1.84 bits per heavy atom. The highest BCUT2D eigenvalue weighted by molar-refractivity contribution is 6.30. The summed E-state index contributed by atoms with van der Waals surface area (Å²) in [6.07, 6.45) is 1.46. The van der Waals surface area contributed by atoms with E-state index in [9.17, 15) is 0 Å². The molecule has 0 bridgehead atoms. The molecule has 6 nitrogen and oxygen atoms in total. The van der Waals surface area contributed by atoms with Gasteiger partial charge in [0.15, 0.2) is 11.5 Å². The van der Waals surface area contributed by atoms with Gasteiger partial charge >= 0.3 is 0 Å². The third-order valence-electron chi connectivity index (χ3n) is 3.49. The first-order chi connectivity index (χ1) is 12.2. The lowest BCUT2D eigenvalue weighted by Crippen LogP contribution is -2.03. The molecule has 0 spiro atoms. The summed E-state index contributed by atoms with van der Waals surface area (Å²) in [5.74, 6) is 2.05. The van der Waals surface area contributed by atoms with E-state index < -0.39 is 0 Å². The quantitative estimate of drug-likeness (QED) is 0.635. The fourth-order valence-corrected chi connectivity index (χ4v) is 2.39. The molecule has 0 amide bonds. The molecule has 1 aromatic heterocycles. The second-order valence-corrected chi connectivity index (χ2v) is 5.75. The van der Waals surface area contributed by atoms with E-state index in [2.05, 4.69) is 20.5 Å². The van der Waals surface area contributed by atoms with Gasteiger partial charge in [0.1, 0.15) is 12.9 Å². The largest absolute Gasteiger partial charge is 0.490 e. The Bertz CT molecular complexity index is 791. The fourth-order valence-electron chi connectivity index (χ4n) is 2.27. The topological polar surface area (TPSA) is 72.1 Å². The maximum atomic E-state index is 5.90. The molecular weight excluding hydrogens is 340 g/mol. The van der Waals surface area contributed by atoms with Crippen LogP contribution in [0.25, 0.3) is 0 Å². The molecule has 7 heteroatoms. The van der Waals surface area contributed by atoms with Crippen LogP contribution in [0.15, 0.2) is 48.8 Å². The second-order valence-electron chi connectivity index (χ2n) is 5.32. The predicted molar refractivity (Wildman–Crippen MR) is 97.1 cm³/mol. The monoisotopic (exact) mass is 358 g/mol. The van der Waals surface area contributed by atoms with Crippen molar-refractivity contribution in [3.63, 3.8) is 0 Å². The SMILES string of the molecule is CCOc1cc(CNc2ncn[nH]2)ccc1OCc1ccc(Cl)cc1. The molecule has 0 unspecified atom stereocenters. The van der Waals surface area contributed by atoms with Crippen LogP contribution in [-0.4, -0.2) is 21.8 Å². The summed E-state index contributed by atoms with van der Waals surface area (Å²) in [5, 5.41) is 10.4. The minimum atomic E-state index is 0.451. The van der Waals surface area contributed by atoms with Gasteiger partial charge in [-0.25, -0.2) is 10.1 Å². The Morgan fingerprint density at radius 1 is 1.04 bits per heavy atom. The van der Waals surface area contributed by atoms with Crippen LogP contribution in [0.3, 0.4) is 0 Å². The number of halogens is 1. The average molecular weight is 359 g/mol. The summed E-state index contributed by atoms with van der Waals surface area (Å²) in [4.78, 5) is 4.03. The van der Waals surface area contributed by atoms with Gasteiger partial charge in [-0.1, -0.05) is 29.8 Å². The molecule has 2 aromatic carbocycles. The molecule has 0 aliphatic carbocycles. The molecule has 0 atom stereocenters. The summed E-state index contributed by atoms with van der Waals surface area (Å²) in [5.41, 5.74) is 2.10. The molecule has 3 aromatic rings. The van der Waals surface area contributed by atoms with Crippen LogP contribution in [-0.2, 0) is 13.2 Å². The average Bonchev–Trinajstić information content (AvgIpc) is 3.14. The third kappa shape index (κ3) is 4.87. The van der Waals surface area contributed by atoms with Gasteiger partial charge < -0.3 is 14.8 Å². The second kappa shape index (κ2) is 8.39. The first-order valence-corrected chi connectivity index (χ1v) is 8.34. The number of hydrogen-bond donors (Lipinski definition) is 2. The lowest BCUT2D eigenvalue weighted by atomic mass is 10.2. The number of rotatable bonds is 8. The molecule has 0 saturated heterocycles. The van der Waals surface area contributed by atoms with Crippen LogP contribution in [0.5, 0.6) is 11.5 Å². The molecule has 25 heavy (non-hydrogen) atoms. The Morgan fingerprint density at radius 3 is 2.56 bits per heavy atom. The minimum absolute atomic E-state index is 0.451. The van der Waals surface area contributed by atoms with Crippen molar-refractivity contribution in [1.29, 1.82) is 0 Å². The maximum Gasteiger partial charge on any atom is 0.218 e. The maximum absolute atomic E-state index is 5.90. The van der Waals surface area contributed by atoms with Crippen LogP contribution in [0.2, 0.25) is 5.02 Å². The van der Waals surface area contributed by atoms with Crippen molar-refractivity contribution in [2.45, 2.75) is 20.1 Å². The lowest BCUT2D eigenvalue weighted by molar-refractivity contribution is 0.269. The minimum Gasteiger partial charge on any atom is -0.490 e. The fraction of sp³-hybridized carbons (Fsp3) is 0.222. The summed E-state index contributed by atoms with van der Waals surface area (Å²) in [6, 6.07) is 13.5. The standard InChI is InChI=1S/C18H19ClN4O2/c1-2-24-17-9-14(10-20-18-21-12-22-23-18)5-8-16(17)25-11-13-3-6-15(19)7-4-13/h3-9,12H,2,10-11H2,1H3,(H2,20,21,22,23). The van der Waals surface area contributed by atoms with E-state index in [1.54, 1.807) is 0 Å². The highest BCUT2D eigenvalue weighted by Crippen LogP contribution is 2.29. The molecule has 0 radical (unpaired) electrons. The zero-order valence-corrected chi connectivity index (χ0v) is 14.6. The number of aromatic nitrogens is 3. The normalized spacial score (nSPS) is 10.5. The van der Waals surface area contributed by atoms with Crippen molar-refractivity contribution < 1.29 is 9.47 Å². The molecular formula is C18H19ClN4O2. The van der Waals surface area contributed by atoms with Crippen molar-refractivity contribution in [2.24, 2.45) is 0 Å². The predicted octanol–water partition coefficient (Wildman–Crippen LogP) is 4.05. The van der Waals surface area contributed by atoms with Crippen LogP contribution in [0.4, 0.5) is 5.95 Å². The number of H-pyrrole nitrogens is 1. The van der Waals surface area contributed by atoms with Crippen molar-refractivity contribution in [1.82, 2.24) is 15.2 Å². The number of anilines is 1. The van der Waals surface area contributed by atoms with Gasteiger partial charge in [-0.2, -0.15) is 5.10 Å². The van der Waals surface area contributed by atoms with Crippen LogP contribution >= 0.6 is 11.6 Å². The number of nitrogens with zero attached hydrogens (tertiary/aromatic N) is 2. The van der Waals surface area contributed by atoms with Crippen molar-refractivity contribution in [3.05, 3.63) is 64.9 Å². The summed E-state index contributed by atoms with van der Waals surface area (Å²) in [7, 11) is 0. The highest BCUT2D eigenvalue weighted by atomic mass is 35.5. The van der Waals surface area contributed by atoms with E-state index in [0.29, 0.717) is 42.2 Å². The summed E-state index contributed by atoms with van der Waals surface area (Å²) in [6.45, 7) is 3.57. The first-order valence-electron chi connectivity index (χ1n) is 7.97. The number of aromatic amines is 1. The smallest absolute Gasteiger partial charge is 0.218 e. The molecule has 2 N–H and O–H groups in total. The molecule has 0 aliphatic rings. The highest BCUT2D eigenvalue weighted by Gasteiger charge is 2.08. The van der Waals surface area contributed by atoms with Gasteiger partial charge in [0, 0.05) is 11.6 Å². The molecule has 0 fully saturated rings. The Kier molecular flexibility index (Phi) is 5.74. The number of ether oxygens (including phenoxy) is 2. The van der Waals surface area contributed by atoms with Crippen molar-refractivity contribution in [2.75, 3.05) is 11.9 Å². The molecule has 130 valence electrons. The van der Waals surface area contributed by atoms with Crippen molar-refractivity contribution in [3.8, 4) is 11.5 Å². The Labute approximate surface area is 151 Å². The van der Waals surface area contributed by atoms with Crippen LogP contribution in [0.1, 0.15) is 18.1 Å². The third-order valence-corrected chi connectivity index (χ3v) is 3.74. The van der Waals surface area contributed by atoms with Crippen molar-refractivity contribution >= 4 is 17.5 Å². The van der Waals surface area contributed by atoms with E-state index in [1.807, 2.05) is 49.4 Å². The molecule has 0 aliphatic heterocycles. The molecule has 3 rings (SSSR count). The van der Waals surface area contributed by atoms with Gasteiger partial charge in [0.25, 0.3) is 0 Å². The number of nitrogens with one attached hydrogen (secondary N) is 2. The van der Waals surface area contributed by atoms with E-state index in [-0.39, 0.29) is 0 Å². The summed E-state index contributed by atoms with van der Waals surface area (Å²) >= 11 is 5.90. The van der Waals surface area contributed by atoms with Crippen LogP contribution < -0.4 is 14.8 Å². The van der Waals surface area contributed by atoms with Gasteiger partial charge in [-0.15, -0.1) is 0 Å². The van der Waals surface area contributed by atoms with Crippen LogP contribution in [0, 0.1) is 0 Å². The van der Waals surface area contributed by atoms with Gasteiger partial charge in [-0.3, -0.25) is 0 Å². The van der Waals surface area contributed by atoms with Gasteiger partial charge in [-0.05, 0) is 42.3 Å². The number of hydrogen-bond acceptors (Lipinski definition) is 5.